The predicted molar refractivity (Wildman–Crippen MR) is 91.1 cm³/mol. The van der Waals surface area contributed by atoms with E-state index >= 15 is 0 Å². The number of benzene rings is 1. The van der Waals surface area contributed by atoms with Gasteiger partial charge in [0.15, 0.2) is 11.5 Å². The van der Waals surface area contributed by atoms with Crippen LogP contribution in [0.3, 0.4) is 0 Å². The van der Waals surface area contributed by atoms with E-state index in [0.29, 0.717) is 6.92 Å². The minimum absolute atomic E-state index is 0.232. The molecule has 2 aliphatic heterocycles. The first kappa shape index (κ1) is 5.63. The zero-order valence-electron chi connectivity index (χ0n) is 29.7. The standard InChI is InChI=1S/C19H29NO3/c1-12(2)7-14-11-20-6-5-13-8-18(22-3)19(23-4)9-15(13)16(20)10-17(14)21/h8-9,12,14,16-17,21H,5-7,10-11H2,1-4H3/i1D3,4D3,5D2,6D2,7D2,8D,9D,11D2,12D. The maximum Gasteiger partial charge on any atom is 0.161 e. The lowest BCUT2D eigenvalue weighted by molar-refractivity contribution is -0.0191. The normalized spacial score (nSPS) is 49.2. The van der Waals surface area contributed by atoms with E-state index in [4.69, 9.17) is 32.8 Å². The average molecular weight is 337 g/mol. The van der Waals surface area contributed by atoms with Crippen LogP contribution in [-0.2, 0) is 6.37 Å². The molecule has 1 N–H and O–H groups in total. The summed E-state index contributed by atoms with van der Waals surface area (Å²) in [7, 11) is -2.19. The van der Waals surface area contributed by atoms with Crippen molar-refractivity contribution in [2.75, 3.05) is 27.1 Å². The van der Waals surface area contributed by atoms with Gasteiger partial charge in [0.25, 0.3) is 0 Å². The van der Waals surface area contributed by atoms with Crippen molar-refractivity contribution >= 4 is 0 Å². The number of aliphatic hydroxyl groups excluding tert-OH is 1. The van der Waals surface area contributed by atoms with E-state index in [0.717, 1.165) is 7.11 Å². The molecule has 4 heteroatoms. The number of hydrogen-bond donors (Lipinski definition) is 1. The molecule has 3 rings (SSSR count). The van der Waals surface area contributed by atoms with Gasteiger partial charge in [-0.25, -0.2) is 0 Å². The van der Waals surface area contributed by atoms with E-state index in [1.165, 1.54) is 0 Å². The van der Waals surface area contributed by atoms with E-state index < -0.39 is 105 Å². The van der Waals surface area contributed by atoms with Crippen LogP contribution in [0.1, 0.15) is 67.0 Å². The molecule has 1 aromatic rings. The van der Waals surface area contributed by atoms with Gasteiger partial charge in [-0.05, 0) is 54.2 Å². The lowest BCUT2D eigenvalue weighted by Crippen LogP contribution is -2.48. The second kappa shape index (κ2) is 6.70. The van der Waals surface area contributed by atoms with Crippen LogP contribution in [0.4, 0.5) is 0 Å². The molecule has 0 aliphatic carbocycles. The molecule has 2 heterocycles. The second-order valence-corrected chi connectivity index (χ2v) is 5.30. The molecule has 0 saturated carbocycles. The third-order valence-electron chi connectivity index (χ3n) is 3.71. The van der Waals surface area contributed by atoms with Gasteiger partial charge < -0.3 is 14.6 Å². The fourth-order valence-electron chi connectivity index (χ4n) is 2.67. The molecule has 0 aromatic heterocycles. The Labute approximate surface area is 163 Å². The molecule has 0 radical (unpaired) electrons. The van der Waals surface area contributed by atoms with Crippen LogP contribution in [-0.4, -0.2) is 43.3 Å². The number of hydrogen-bond acceptors (Lipinski definition) is 4. The molecule has 128 valence electrons. The SMILES string of the molecule is [2H]c1c(OC([2H])([2H])[2H])c(OC)c([2H])c2c1C1CC(O)C(C([2H])([2H])C([2H])(C)C([2H])([2H])[2H])C([2H])([2H])N1C([2H])([2H])C2([2H])[2H]. The Hall–Kier alpha value is -1.26. The van der Waals surface area contributed by atoms with Crippen LogP contribution in [0.5, 0.6) is 11.5 Å². The summed E-state index contributed by atoms with van der Waals surface area (Å²) >= 11 is 0. The quantitative estimate of drug-likeness (QED) is 0.918. The van der Waals surface area contributed by atoms with Crippen LogP contribution >= 0.6 is 0 Å². The molecule has 0 spiro atoms. The summed E-state index contributed by atoms with van der Waals surface area (Å²) in [4.78, 5) is 0.232. The van der Waals surface area contributed by atoms with Gasteiger partial charge in [-0.2, -0.15) is 0 Å². The van der Waals surface area contributed by atoms with Gasteiger partial charge in [0.1, 0.15) is 0 Å². The van der Waals surface area contributed by atoms with Crippen molar-refractivity contribution in [1.29, 1.82) is 0 Å². The Morgan fingerprint density at radius 3 is 3.13 bits per heavy atom. The van der Waals surface area contributed by atoms with E-state index in [1.54, 1.807) is 0 Å². The summed E-state index contributed by atoms with van der Waals surface area (Å²) in [6.07, 6.45) is -9.57. The lowest BCUT2D eigenvalue weighted by atomic mass is 9.79. The number of fused-ring (bicyclic) bond motifs is 3. The lowest BCUT2D eigenvalue weighted by Gasteiger charge is -2.46. The van der Waals surface area contributed by atoms with Crippen molar-refractivity contribution in [2.24, 2.45) is 11.8 Å². The van der Waals surface area contributed by atoms with Crippen molar-refractivity contribution in [2.45, 2.75) is 45.1 Å². The Morgan fingerprint density at radius 1 is 1.57 bits per heavy atom. The highest BCUT2D eigenvalue weighted by Crippen LogP contribution is 2.43. The fraction of sp³-hybridized carbons (Fsp3) is 0.684. The maximum absolute atomic E-state index is 11.1. The van der Waals surface area contributed by atoms with Gasteiger partial charge >= 0.3 is 0 Å². The van der Waals surface area contributed by atoms with Crippen LogP contribution in [0.2, 0.25) is 0 Å². The minimum atomic E-state index is -3.42. The Bertz CT molecular complexity index is 1180. The molecule has 2 aliphatic rings. The predicted octanol–water partition coefficient (Wildman–Crippen LogP) is 3.03. The first-order valence-corrected chi connectivity index (χ1v) is 7.00. The van der Waals surface area contributed by atoms with Gasteiger partial charge in [0, 0.05) is 35.5 Å². The molecule has 0 amide bonds. The molecule has 23 heavy (non-hydrogen) atoms. The number of aliphatic hydroxyl groups is 1. The zero-order valence-corrected chi connectivity index (χ0v) is 12.7. The average Bonchev–Trinajstić information content (AvgIpc) is 2.71. The minimum Gasteiger partial charge on any atom is -0.493 e. The second-order valence-electron chi connectivity index (χ2n) is 5.30. The van der Waals surface area contributed by atoms with Gasteiger partial charge in [0.2, 0.25) is 0 Å². The van der Waals surface area contributed by atoms with Crippen LogP contribution in [0, 0.1) is 11.8 Å². The Morgan fingerprint density at radius 2 is 2.39 bits per heavy atom. The van der Waals surface area contributed by atoms with Gasteiger partial charge in [0.05, 0.1) is 27.1 Å². The maximum atomic E-state index is 11.1. The van der Waals surface area contributed by atoms with Crippen LogP contribution in [0.25, 0.3) is 0 Å². The van der Waals surface area contributed by atoms with Crippen LogP contribution in [0.15, 0.2) is 12.1 Å². The largest absolute Gasteiger partial charge is 0.493 e. The van der Waals surface area contributed by atoms with Crippen molar-refractivity contribution < 1.29 is 37.9 Å². The van der Waals surface area contributed by atoms with E-state index in [-0.39, 0.29) is 4.90 Å². The molecule has 0 bridgehead atoms. The summed E-state index contributed by atoms with van der Waals surface area (Å²) < 4.78 is 150. The summed E-state index contributed by atoms with van der Waals surface area (Å²) in [6, 6.07) is -3.54. The highest BCUT2D eigenvalue weighted by atomic mass is 16.5. The third-order valence-corrected chi connectivity index (χ3v) is 3.71. The number of rotatable bonds is 4. The molecule has 4 nitrogen and oxygen atoms in total. The van der Waals surface area contributed by atoms with E-state index in [2.05, 4.69) is 0 Å². The third kappa shape index (κ3) is 3.20. The number of nitrogens with zero attached hydrogens (tertiary/aromatic N) is 1. The summed E-state index contributed by atoms with van der Waals surface area (Å²) in [5, 5.41) is 11.1. The van der Waals surface area contributed by atoms with Gasteiger partial charge in [-0.15, -0.1) is 0 Å². The number of ether oxygens (including phenoxy) is 2. The molecule has 4 unspecified atom stereocenters. The molecule has 1 aromatic carbocycles. The smallest absolute Gasteiger partial charge is 0.161 e. The zero-order chi connectivity index (χ0) is 31.4. The van der Waals surface area contributed by atoms with Gasteiger partial charge in [-0.1, -0.05) is 13.8 Å². The first-order valence-electron chi connectivity index (χ1n) is 15.5. The highest BCUT2D eigenvalue weighted by molar-refractivity contribution is 5.49. The summed E-state index contributed by atoms with van der Waals surface area (Å²) in [6.45, 7) is -9.45. The Kier molecular flexibility index (Phi) is 1.64. The molecular formula is C19H29NO3. The number of piperidine rings is 1. The van der Waals surface area contributed by atoms with Crippen molar-refractivity contribution in [3.05, 3.63) is 23.2 Å². The molecular weight excluding hydrogens is 290 g/mol. The summed E-state index contributed by atoms with van der Waals surface area (Å²) in [5.74, 6) is -6.95. The van der Waals surface area contributed by atoms with Crippen molar-refractivity contribution in [1.82, 2.24) is 4.90 Å². The molecule has 1 saturated heterocycles. The number of methoxy groups -OCH3 is 2. The van der Waals surface area contributed by atoms with E-state index in [1.807, 2.05) is 0 Å². The first-order chi connectivity index (χ1) is 17.6. The van der Waals surface area contributed by atoms with Crippen molar-refractivity contribution in [3.63, 3.8) is 0 Å². The van der Waals surface area contributed by atoms with Gasteiger partial charge in [-0.3, -0.25) is 4.90 Å². The Balaban J connectivity index is 2.40. The summed E-state index contributed by atoms with van der Waals surface area (Å²) in [5.41, 5.74) is -1.37. The topological polar surface area (TPSA) is 41.9 Å². The van der Waals surface area contributed by atoms with Crippen LogP contribution < -0.4 is 9.47 Å². The molecule has 4 atom stereocenters. The highest BCUT2D eigenvalue weighted by Gasteiger charge is 2.38. The molecule has 1 fully saturated rings. The monoisotopic (exact) mass is 336 g/mol. The fourth-order valence-corrected chi connectivity index (χ4v) is 2.67. The van der Waals surface area contributed by atoms with Crippen molar-refractivity contribution in [3.8, 4) is 11.5 Å². The van der Waals surface area contributed by atoms with E-state index in [9.17, 15) is 5.11 Å².